The van der Waals surface area contributed by atoms with Crippen molar-refractivity contribution in [1.82, 2.24) is 5.32 Å². The molecule has 1 amide bonds. The van der Waals surface area contributed by atoms with Gasteiger partial charge in [0.1, 0.15) is 5.60 Å². The van der Waals surface area contributed by atoms with Crippen LogP contribution in [-0.4, -0.2) is 56.3 Å². The van der Waals surface area contributed by atoms with Crippen molar-refractivity contribution in [2.24, 2.45) is 10.6 Å². The van der Waals surface area contributed by atoms with Crippen LogP contribution in [0.15, 0.2) is 5.16 Å². The van der Waals surface area contributed by atoms with Gasteiger partial charge in [-0.15, -0.1) is 23.5 Å². The predicted octanol–water partition coefficient (Wildman–Crippen LogP) is 8.15. The van der Waals surface area contributed by atoms with Gasteiger partial charge in [-0.2, -0.15) is 11.8 Å². The quantitative estimate of drug-likeness (QED) is 0.290. The second kappa shape index (κ2) is 15.9. The van der Waals surface area contributed by atoms with E-state index in [2.05, 4.69) is 52.0 Å². The van der Waals surface area contributed by atoms with Crippen LogP contribution in [0.2, 0.25) is 0 Å². The zero-order valence-electron chi connectivity index (χ0n) is 24.9. The maximum absolute atomic E-state index is 11.4. The zero-order chi connectivity index (χ0) is 27.3. The molecule has 33 heavy (non-hydrogen) atoms. The lowest BCUT2D eigenvalue weighted by atomic mass is 9.94. The maximum atomic E-state index is 11.4. The summed E-state index contributed by atoms with van der Waals surface area (Å²) in [6.45, 7) is 31.2. The summed E-state index contributed by atoms with van der Waals surface area (Å²) in [5.41, 5.74) is 0.511. The van der Waals surface area contributed by atoms with E-state index in [9.17, 15) is 4.79 Å². The molecule has 0 aromatic rings. The van der Waals surface area contributed by atoms with Crippen LogP contribution in [-0.2, 0) is 9.63 Å². The second-order valence-corrected chi connectivity index (χ2v) is 17.4. The number of carbonyl (C=O) groups is 1. The number of rotatable bonds is 5. The molecule has 0 fully saturated rings. The van der Waals surface area contributed by atoms with Crippen molar-refractivity contribution in [2.75, 3.05) is 24.0 Å². The first-order chi connectivity index (χ1) is 14.3. The molecule has 0 heterocycles. The minimum atomic E-state index is -0.284. The van der Waals surface area contributed by atoms with E-state index in [1.54, 1.807) is 11.8 Å². The maximum Gasteiger partial charge on any atom is 0.225 e. The monoisotopic (exact) mass is 524 g/mol. The molecule has 0 saturated heterocycles. The highest BCUT2D eigenvalue weighted by Gasteiger charge is 2.25. The first-order valence-corrected chi connectivity index (χ1v) is 15.2. The number of thioether (sulfide) groups is 3. The first kappa shape index (κ1) is 37.5. The second-order valence-electron chi connectivity index (χ2n) is 13.0. The molecule has 200 valence electrons. The van der Waals surface area contributed by atoms with Crippen LogP contribution in [0.4, 0.5) is 0 Å². The van der Waals surface area contributed by atoms with Crippen molar-refractivity contribution in [3.05, 3.63) is 0 Å². The fourth-order valence-corrected chi connectivity index (χ4v) is 3.06. The largest absolute Gasteiger partial charge is 0.390 e. The van der Waals surface area contributed by atoms with E-state index in [1.165, 1.54) is 0 Å². The molecular formula is C26H56N2O2S3. The van der Waals surface area contributed by atoms with Gasteiger partial charge in [0.05, 0.1) is 5.71 Å². The van der Waals surface area contributed by atoms with E-state index in [0.717, 1.165) is 17.2 Å². The number of amides is 1. The Labute approximate surface area is 220 Å². The van der Waals surface area contributed by atoms with E-state index in [-0.39, 0.29) is 32.0 Å². The molecule has 0 unspecified atom stereocenters. The van der Waals surface area contributed by atoms with E-state index in [4.69, 9.17) is 4.84 Å². The predicted molar refractivity (Wildman–Crippen MR) is 159 cm³/mol. The average Bonchev–Trinajstić information content (AvgIpc) is 2.50. The Morgan fingerprint density at radius 3 is 1.24 bits per heavy atom. The lowest BCUT2D eigenvalue weighted by Crippen LogP contribution is -2.46. The Balaban J connectivity index is -0.000000542. The molecule has 0 saturated carbocycles. The highest BCUT2D eigenvalue weighted by molar-refractivity contribution is 8.02. The summed E-state index contributed by atoms with van der Waals surface area (Å²) >= 11 is 5.59. The van der Waals surface area contributed by atoms with Crippen molar-refractivity contribution in [1.29, 1.82) is 0 Å². The van der Waals surface area contributed by atoms with Gasteiger partial charge in [-0.1, -0.05) is 67.5 Å². The van der Waals surface area contributed by atoms with Crippen LogP contribution < -0.4 is 5.32 Å². The molecule has 7 heteroatoms. The van der Waals surface area contributed by atoms with Gasteiger partial charge in [0.25, 0.3) is 0 Å². The third-order valence-electron chi connectivity index (χ3n) is 2.96. The Hall–Kier alpha value is -0.0100. The van der Waals surface area contributed by atoms with Crippen molar-refractivity contribution < 1.29 is 9.63 Å². The van der Waals surface area contributed by atoms with Crippen molar-refractivity contribution in [3.8, 4) is 0 Å². The van der Waals surface area contributed by atoms with Crippen LogP contribution >= 0.6 is 35.3 Å². The third kappa shape index (κ3) is 34.2. The van der Waals surface area contributed by atoms with Gasteiger partial charge in [0.15, 0.2) is 0 Å². The van der Waals surface area contributed by atoms with Gasteiger partial charge in [-0.25, -0.2) is 0 Å². The van der Waals surface area contributed by atoms with Crippen molar-refractivity contribution in [3.63, 3.8) is 0 Å². The summed E-state index contributed by atoms with van der Waals surface area (Å²) in [5, 5.41) is 7.30. The molecule has 0 aliphatic heterocycles. The smallest absolute Gasteiger partial charge is 0.225 e. The van der Waals surface area contributed by atoms with Crippen molar-refractivity contribution >= 4 is 46.9 Å². The molecule has 4 nitrogen and oxygen atoms in total. The van der Waals surface area contributed by atoms with Gasteiger partial charge in [0.2, 0.25) is 5.91 Å². The fourth-order valence-electron chi connectivity index (χ4n) is 1.42. The van der Waals surface area contributed by atoms with Crippen molar-refractivity contribution in [2.45, 2.75) is 124 Å². The molecule has 0 rings (SSSR count). The third-order valence-corrected chi connectivity index (χ3v) is 5.65. The molecule has 0 bridgehead atoms. The molecule has 0 aromatic heterocycles. The number of hydrogen-bond donors (Lipinski definition) is 1. The summed E-state index contributed by atoms with van der Waals surface area (Å²) in [5.74, 6) is 1.97. The van der Waals surface area contributed by atoms with Crippen LogP contribution in [0.25, 0.3) is 0 Å². The topological polar surface area (TPSA) is 50.7 Å². The minimum Gasteiger partial charge on any atom is -0.390 e. The number of nitrogens with zero attached hydrogens (tertiary/aromatic N) is 1. The number of carbonyl (C=O) groups excluding carboxylic acids is 1. The normalized spacial score (nSPS) is 12.5. The van der Waals surface area contributed by atoms with E-state index in [1.807, 2.05) is 98.3 Å². The number of hydrogen-bond acceptors (Lipinski definition) is 6. The SMILES string of the molecule is CC(C)(C)NC(=O)C(C)(C)C.CC(C)(C)ON=C(CSC(C)(C)C)CSC(C)(C)C.CSC. The van der Waals surface area contributed by atoms with E-state index < -0.39 is 0 Å². The summed E-state index contributed by atoms with van der Waals surface area (Å²) in [4.78, 5) is 17.0. The molecule has 1 N–H and O–H groups in total. The number of oxime groups is 1. The molecule has 0 aliphatic carbocycles. The van der Waals surface area contributed by atoms with Gasteiger partial charge in [-0.3, -0.25) is 4.79 Å². The van der Waals surface area contributed by atoms with E-state index >= 15 is 0 Å². The molecular weight excluding hydrogens is 468 g/mol. The van der Waals surface area contributed by atoms with Crippen LogP contribution in [0.5, 0.6) is 0 Å². The van der Waals surface area contributed by atoms with Gasteiger partial charge in [0, 0.05) is 32.0 Å². The average molecular weight is 525 g/mol. The lowest BCUT2D eigenvalue weighted by molar-refractivity contribution is -0.130. The molecule has 0 spiro atoms. The minimum absolute atomic E-state index is 0.102. The lowest BCUT2D eigenvalue weighted by Gasteiger charge is -2.26. The number of nitrogens with one attached hydrogen (secondary N) is 1. The molecule has 0 radical (unpaired) electrons. The molecule has 0 aromatic carbocycles. The van der Waals surface area contributed by atoms with Crippen LogP contribution in [0.3, 0.4) is 0 Å². The highest BCUT2D eigenvalue weighted by atomic mass is 32.2. The van der Waals surface area contributed by atoms with Crippen LogP contribution in [0, 0.1) is 5.41 Å². The fraction of sp³-hybridized carbons (Fsp3) is 0.923. The summed E-state index contributed by atoms with van der Waals surface area (Å²) in [7, 11) is 0. The Morgan fingerprint density at radius 2 is 1.06 bits per heavy atom. The first-order valence-electron chi connectivity index (χ1n) is 11.6. The van der Waals surface area contributed by atoms with E-state index in [0.29, 0.717) is 0 Å². The standard InChI is InChI=1S/C15H31NOS2.C9H19NO.C2H6S/c1-13(2,3)17-16-12(10-18-14(4,5)6)11-19-15(7,8)9;1-8(2,3)7(11)10-9(4,5)6;1-3-2/h10-11H2,1-9H3;1-6H3,(H,10,11);1-2H3. The highest BCUT2D eigenvalue weighted by Crippen LogP contribution is 2.27. The summed E-state index contributed by atoms with van der Waals surface area (Å²) in [6, 6.07) is 0. The Morgan fingerprint density at radius 1 is 0.727 bits per heavy atom. The summed E-state index contributed by atoms with van der Waals surface area (Å²) in [6.07, 6.45) is 4.08. The van der Waals surface area contributed by atoms with Crippen LogP contribution in [0.1, 0.15) is 104 Å². The van der Waals surface area contributed by atoms with Gasteiger partial charge >= 0.3 is 0 Å². The molecule has 0 aliphatic rings. The zero-order valence-corrected chi connectivity index (χ0v) is 27.4. The molecule has 0 atom stereocenters. The Bertz CT molecular complexity index is 537. The van der Waals surface area contributed by atoms with Gasteiger partial charge in [-0.05, 0) is 54.1 Å². The van der Waals surface area contributed by atoms with Gasteiger partial charge < -0.3 is 10.2 Å². The summed E-state index contributed by atoms with van der Waals surface area (Å²) < 4.78 is 0.518. The Kier molecular flexibility index (Phi) is 18.1.